The number of para-hydroxylation sites is 2. The van der Waals surface area contributed by atoms with E-state index in [4.69, 9.17) is 18.9 Å². The highest BCUT2D eigenvalue weighted by molar-refractivity contribution is 5.96. The van der Waals surface area contributed by atoms with Gasteiger partial charge in [0.05, 0.1) is 25.3 Å². The van der Waals surface area contributed by atoms with Gasteiger partial charge in [-0.05, 0) is 49.9 Å². The van der Waals surface area contributed by atoms with Crippen molar-refractivity contribution in [2.75, 3.05) is 21.3 Å². The van der Waals surface area contributed by atoms with Gasteiger partial charge in [-0.15, -0.1) is 0 Å². The van der Waals surface area contributed by atoms with E-state index in [0.717, 1.165) is 0 Å². The van der Waals surface area contributed by atoms with Crippen molar-refractivity contribution in [3.05, 3.63) is 94.5 Å². The van der Waals surface area contributed by atoms with E-state index in [0.29, 0.717) is 28.2 Å². The molecule has 38 heavy (non-hydrogen) atoms. The molecular weight excluding hydrogens is 490 g/mol. The third-order valence-corrected chi connectivity index (χ3v) is 6.15. The first-order chi connectivity index (χ1) is 18.2. The van der Waals surface area contributed by atoms with Crippen molar-refractivity contribution in [2.45, 2.75) is 32.1 Å². The van der Waals surface area contributed by atoms with Crippen LogP contribution in [0.3, 0.4) is 0 Å². The molecule has 0 amide bonds. The second-order valence-electron chi connectivity index (χ2n) is 8.76. The number of carboxylic acids is 1. The molecule has 1 unspecified atom stereocenters. The smallest absolute Gasteiger partial charge is 0.338 e. The Labute approximate surface area is 221 Å². The standard InChI is InChI=1S/C29H31NO8/c1-29(30-2,28(33)34)16-19-13-22(26(31)37-17-20-9-5-7-11-24(20)35-3)15-23(14-19)27(32)38-18-21-10-6-8-12-25(21)36-4/h5-15,30H,16-18H2,1-4H3,(H,33,34). The van der Waals surface area contributed by atoms with Gasteiger partial charge >= 0.3 is 17.9 Å². The van der Waals surface area contributed by atoms with E-state index in [-0.39, 0.29) is 30.8 Å². The van der Waals surface area contributed by atoms with Crippen LogP contribution < -0.4 is 14.8 Å². The first kappa shape index (κ1) is 28.2. The summed E-state index contributed by atoms with van der Waals surface area (Å²) in [7, 11) is 4.57. The molecule has 200 valence electrons. The van der Waals surface area contributed by atoms with E-state index < -0.39 is 23.4 Å². The van der Waals surface area contributed by atoms with E-state index in [9.17, 15) is 19.5 Å². The fraction of sp³-hybridized carbons (Fsp3) is 0.276. The van der Waals surface area contributed by atoms with Gasteiger partial charge in [0.25, 0.3) is 0 Å². The maximum atomic E-state index is 13.0. The Kier molecular flexibility index (Phi) is 9.45. The summed E-state index contributed by atoms with van der Waals surface area (Å²) in [6.07, 6.45) is -0.000744. The topological polar surface area (TPSA) is 120 Å². The number of benzene rings is 3. The van der Waals surface area contributed by atoms with Crippen LogP contribution in [-0.4, -0.2) is 49.8 Å². The van der Waals surface area contributed by atoms with Crippen LogP contribution in [0.2, 0.25) is 0 Å². The first-order valence-corrected chi connectivity index (χ1v) is 11.8. The third-order valence-electron chi connectivity index (χ3n) is 6.15. The molecule has 9 heteroatoms. The molecule has 2 N–H and O–H groups in total. The van der Waals surface area contributed by atoms with E-state index in [2.05, 4.69) is 5.32 Å². The highest BCUT2D eigenvalue weighted by atomic mass is 16.5. The zero-order valence-electron chi connectivity index (χ0n) is 21.8. The molecule has 3 aromatic rings. The summed E-state index contributed by atoms with van der Waals surface area (Å²) < 4.78 is 21.6. The van der Waals surface area contributed by atoms with Gasteiger partial charge in [0.2, 0.25) is 0 Å². The van der Waals surface area contributed by atoms with Crippen LogP contribution in [0.4, 0.5) is 0 Å². The van der Waals surface area contributed by atoms with Gasteiger partial charge in [-0.1, -0.05) is 36.4 Å². The Morgan fingerprint density at radius 3 is 1.63 bits per heavy atom. The predicted molar refractivity (Wildman–Crippen MR) is 139 cm³/mol. The van der Waals surface area contributed by atoms with E-state index in [1.165, 1.54) is 46.4 Å². The van der Waals surface area contributed by atoms with Crippen molar-refractivity contribution in [1.82, 2.24) is 5.32 Å². The van der Waals surface area contributed by atoms with Crippen LogP contribution in [0.25, 0.3) is 0 Å². The predicted octanol–water partition coefficient (Wildman–Crippen LogP) is 4.02. The van der Waals surface area contributed by atoms with Crippen LogP contribution >= 0.6 is 0 Å². The van der Waals surface area contributed by atoms with Crippen molar-refractivity contribution in [2.24, 2.45) is 0 Å². The minimum Gasteiger partial charge on any atom is -0.496 e. The monoisotopic (exact) mass is 521 g/mol. The lowest BCUT2D eigenvalue weighted by Gasteiger charge is -2.24. The molecule has 0 bridgehead atoms. The summed E-state index contributed by atoms with van der Waals surface area (Å²) in [6.45, 7) is 1.41. The highest BCUT2D eigenvalue weighted by Crippen LogP contribution is 2.23. The maximum Gasteiger partial charge on any atom is 0.338 e. The average molecular weight is 522 g/mol. The summed E-state index contributed by atoms with van der Waals surface area (Å²) in [5.41, 5.74) is 0.628. The molecule has 0 heterocycles. The molecule has 0 spiro atoms. The average Bonchev–Trinajstić information content (AvgIpc) is 2.94. The molecule has 1 atom stereocenters. The molecule has 0 aliphatic carbocycles. The normalized spacial score (nSPS) is 12.2. The number of ether oxygens (including phenoxy) is 4. The van der Waals surface area contributed by atoms with Gasteiger partial charge in [-0.2, -0.15) is 0 Å². The number of hydrogen-bond donors (Lipinski definition) is 2. The molecule has 0 saturated heterocycles. The number of esters is 2. The molecule has 3 aromatic carbocycles. The first-order valence-electron chi connectivity index (χ1n) is 11.8. The molecule has 0 aliphatic rings. The molecular formula is C29H31NO8. The van der Waals surface area contributed by atoms with Gasteiger partial charge in [0, 0.05) is 17.5 Å². The quantitative estimate of drug-likeness (QED) is 0.340. The Bertz CT molecular complexity index is 1220. The van der Waals surface area contributed by atoms with Crippen LogP contribution in [0.15, 0.2) is 66.7 Å². The summed E-state index contributed by atoms with van der Waals surface area (Å²) in [5.74, 6) is -1.30. The highest BCUT2D eigenvalue weighted by Gasteiger charge is 2.32. The number of hydrogen-bond acceptors (Lipinski definition) is 8. The van der Waals surface area contributed by atoms with Crippen LogP contribution in [0, 0.1) is 0 Å². The number of carbonyl (C=O) groups is 3. The Hall–Kier alpha value is -4.37. The Morgan fingerprint density at radius 1 is 0.789 bits per heavy atom. The largest absolute Gasteiger partial charge is 0.496 e. The van der Waals surface area contributed by atoms with Gasteiger partial charge in [0.15, 0.2) is 0 Å². The zero-order valence-corrected chi connectivity index (χ0v) is 21.8. The van der Waals surface area contributed by atoms with Crippen molar-refractivity contribution < 1.29 is 38.4 Å². The van der Waals surface area contributed by atoms with Gasteiger partial charge in [0.1, 0.15) is 30.3 Å². The SMILES string of the molecule is CNC(C)(Cc1cc(C(=O)OCc2ccccc2OC)cc(C(=O)OCc2ccccc2OC)c1)C(=O)O. The van der Waals surface area contributed by atoms with Crippen LogP contribution in [0.1, 0.15) is 44.3 Å². The number of aliphatic carboxylic acids is 1. The second-order valence-corrected chi connectivity index (χ2v) is 8.76. The number of carboxylic acid groups (broad SMARTS) is 1. The summed E-state index contributed by atoms with van der Waals surface area (Å²) in [4.78, 5) is 37.9. The molecule has 0 aliphatic heterocycles. The second kappa shape index (κ2) is 12.7. The zero-order chi connectivity index (χ0) is 27.7. The minimum absolute atomic E-state index is 0.000744. The van der Waals surface area contributed by atoms with Crippen molar-refractivity contribution in [3.8, 4) is 11.5 Å². The summed E-state index contributed by atoms with van der Waals surface area (Å²) in [6, 6.07) is 18.7. The van der Waals surface area contributed by atoms with Crippen LogP contribution in [0.5, 0.6) is 11.5 Å². The lowest BCUT2D eigenvalue weighted by Crippen LogP contribution is -2.49. The van der Waals surface area contributed by atoms with Crippen molar-refractivity contribution in [3.63, 3.8) is 0 Å². The lowest BCUT2D eigenvalue weighted by atomic mass is 9.91. The van der Waals surface area contributed by atoms with Gasteiger partial charge in [-0.25, -0.2) is 9.59 Å². The van der Waals surface area contributed by atoms with Crippen LogP contribution in [-0.2, 0) is 33.9 Å². The number of carbonyl (C=O) groups excluding carboxylic acids is 2. The van der Waals surface area contributed by atoms with E-state index >= 15 is 0 Å². The lowest BCUT2D eigenvalue weighted by molar-refractivity contribution is -0.143. The van der Waals surface area contributed by atoms with Crippen molar-refractivity contribution in [1.29, 1.82) is 0 Å². The number of rotatable bonds is 12. The minimum atomic E-state index is -1.33. The van der Waals surface area contributed by atoms with Gasteiger partial charge < -0.3 is 29.4 Å². The molecule has 9 nitrogen and oxygen atoms in total. The molecule has 3 rings (SSSR count). The van der Waals surface area contributed by atoms with Crippen molar-refractivity contribution >= 4 is 17.9 Å². The Morgan fingerprint density at radius 2 is 1.24 bits per heavy atom. The molecule has 0 saturated carbocycles. The molecule has 0 fully saturated rings. The summed E-state index contributed by atoms with van der Waals surface area (Å²) >= 11 is 0. The van der Waals surface area contributed by atoms with E-state index in [1.807, 2.05) is 0 Å². The third kappa shape index (κ3) is 6.89. The van der Waals surface area contributed by atoms with Gasteiger partial charge in [-0.3, -0.25) is 4.79 Å². The number of nitrogens with one attached hydrogen (secondary N) is 1. The number of likely N-dealkylation sites (N-methyl/N-ethyl adjacent to an activating group) is 1. The summed E-state index contributed by atoms with van der Waals surface area (Å²) in [5, 5.41) is 12.5. The Balaban J connectivity index is 1.88. The molecule has 0 radical (unpaired) electrons. The maximum absolute atomic E-state index is 13.0. The fourth-order valence-electron chi connectivity index (χ4n) is 3.81. The fourth-order valence-corrected chi connectivity index (χ4v) is 3.81. The molecule has 0 aromatic heterocycles. The number of methoxy groups -OCH3 is 2. The van der Waals surface area contributed by atoms with E-state index in [1.54, 1.807) is 48.5 Å².